The Hall–Kier alpha value is -1.94. The lowest BCUT2D eigenvalue weighted by Gasteiger charge is -2.21. The predicted molar refractivity (Wildman–Crippen MR) is 418 cm³/mol. The average Bonchev–Trinajstić information content (AvgIpc) is 1.01. The van der Waals surface area contributed by atoms with Crippen molar-refractivity contribution in [1.29, 1.82) is 0 Å². The molecule has 0 aromatic rings. The predicted octanol–water partition coefficient (Wildman–Crippen LogP) is 24.9. The van der Waals surface area contributed by atoms with E-state index >= 15 is 0 Å². The van der Waals surface area contributed by atoms with Crippen LogP contribution in [-0.4, -0.2) is 96.7 Å². The van der Waals surface area contributed by atoms with Crippen LogP contribution in [0.2, 0.25) is 0 Å². The molecule has 0 heterocycles. The summed E-state index contributed by atoms with van der Waals surface area (Å²) in [4.78, 5) is 73.1. The molecule has 0 bridgehead atoms. The van der Waals surface area contributed by atoms with Gasteiger partial charge in [0.05, 0.1) is 26.4 Å². The maximum atomic E-state index is 13.1. The number of phosphoric acid groups is 2. The minimum Gasteiger partial charge on any atom is -0.462 e. The van der Waals surface area contributed by atoms with Crippen molar-refractivity contribution in [1.82, 2.24) is 0 Å². The molecule has 0 rings (SSSR count). The van der Waals surface area contributed by atoms with Gasteiger partial charge in [-0.05, 0) is 43.4 Å². The summed E-state index contributed by atoms with van der Waals surface area (Å²) < 4.78 is 68.8. The molecule has 3 N–H and O–H groups in total. The van der Waals surface area contributed by atoms with Crippen LogP contribution in [0, 0.1) is 17.8 Å². The normalized spacial score (nSPS) is 14.2. The lowest BCUT2D eigenvalue weighted by molar-refractivity contribution is -0.161. The summed E-state index contributed by atoms with van der Waals surface area (Å²) >= 11 is 0. The minimum atomic E-state index is -4.96. The Bertz CT molecular complexity index is 1980. The molecule has 0 aliphatic heterocycles. The van der Waals surface area contributed by atoms with Crippen molar-refractivity contribution in [3.8, 4) is 0 Å². The van der Waals surface area contributed by atoms with Gasteiger partial charge in [-0.2, -0.15) is 0 Å². The molecule has 0 aromatic heterocycles. The molecule has 0 aliphatic carbocycles. The van der Waals surface area contributed by atoms with Crippen LogP contribution in [0.3, 0.4) is 0 Å². The van der Waals surface area contributed by atoms with Crippen molar-refractivity contribution in [3.05, 3.63) is 0 Å². The lowest BCUT2D eigenvalue weighted by Crippen LogP contribution is -2.30. The zero-order valence-corrected chi connectivity index (χ0v) is 68.9. The van der Waals surface area contributed by atoms with Crippen LogP contribution < -0.4 is 0 Å². The molecule has 0 radical (unpaired) electrons. The Morgan fingerprint density at radius 2 is 0.500 bits per heavy atom. The number of carbonyl (C=O) groups excluding carboxylic acids is 4. The first-order valence-corrected chi connectivity index (χ1v) is 45.9. The van der Waals surface area contributed by atoms with Crippen LogP contribution in [0.4, 0.5) is 0 Å². The van der Waals surface area contributed by atoms with Gasteiger partial charge in [0.25, 0.3) is 0 Å². The van der Waals surface area contributed by atoms with Crippen molar-refractivity contribution in [2.24, 2.45) is 17.8 Å². The Labute approximate surface area is 626 Å². The Morgan fingerprint density at radius 1 is 0.284 bits per heavy atom. The third-order valence-corrected chi connectivity index (χ3v) is 21.6. The van der Waals surface area contributed by atoms with E-state index in [4.69, 9.17) is 37.0 Å². The maximum absolute atomic E-state index is 13.1. The summed E-state index contributed by atoms with van der Waals surface area (Å²) in [6.07, 6.45) is 62.3. The van der Waals surface area contributed by atoms with E-state index in [0.29, 0.717) is 25.7 Å². The number of aliphatic hydroxyl groups excluding tert-OH is 1. The van der Waals surface area contributed by atoms with Gasteiger partial charge < -0.3 is 33.8 Å². The smallest absolute Gasteiger partial charge is 0.462 e. The molecule has 6 atom stereocenters. The van der Waals surface area contributed by atoms with Crippen molar-refractivity contribution >= 4 is 39.5 Å². The number of esters is 4. The first-order valence-electron chi connectivity index (χ1n) is 42.9. The van der Waals surface area contributed by atoms with Crippen molar-refractivity contribution in [3.63, 3.8) is 0 Å². The molecule has 3 unspecified atom stereocenters. The minimum absolute atomic E-state index is 0.107. The molecule has 606 valence electrons. The SMILES string of the molecule is CCCCCCCCCCCC(=O)OC[C@H](COP(=O)(O)OC[C@H](O)COP(=O)(O)OC[C@@H](COC(=O)CCCCCCCCCCCCCCCCC(C)CC)OC(=O)CCCCCCCCCCCCCCCCCCC(C)C)OC(=O)CCCCCCCCCCCCCCCC(C)C. The topological polar surface area (TPSA) is 237 Å². The average molecular weight is 1490 g/mol. The van der Waals surface area contributed by atoms with E-state index in [2.05, 4.69) is 48.5 Å². The van der Waals surface area contributed by atoms with Gasteiger partial charge in [-0.25, -0.2) is 9.13 Å². The van der Waals surface area contributed by atoms with Gasteiger partial charge in [0.15, 0.2) is 12.2 Å². The molecule has 102 heavy (non-hydrogen) atoms. The molecular weight excluding hydrogens is 1330 g/mol. The molecule has 0 aromatic carbocycles. The molecule has 0 spiro atoms. The number of rotatable bonds is 81. The van der Waals surface area contributed by atoms with E-state index in [1.807, 2.05) is 0 Å². The summed E-state index contributed by atoms with van der Waals surface area (Å²) in [6, 6.07) is 0. The Balaban J connectivity index is 5.23. The zero-order valence-electron chi connectivity index (χ0n) is 67.1. The van der Waals surface area contributed by atoms with Gasteiger partial charge in [0.2, 0.25) is 0 Å². The van der Waals surface area contributed by atoms with E-state index in [1.54, 1.807) is 0 Å². The van der Waals surface area contributed by atoms with E-state index in [9.17, 15) is 43.2 Å². The molecule has 19 heteroatoms. The van der Waals surface area contributed by atoms with E-state index < -0.39 is 97.5 Å². The van der Waals surface area contributed by atoms with Gasteiger partial charge in [-0.15, -0.1) is 0 Å². The number of hydrogen-bond donors (Lipinski definition) is 3. The fraction of sp³-hybridized carbons (Fsp3) is 0.952. The summed E-state index contributed by atoms with van der Waals surface area (Å²) in [7, 11) is -9.92. The zero-order chi connectivity index (χ0) is 75.1. The quantitative estimate of drug-likeness (QED) is 0.0222. The second-order valence-corrected chi connectivity index (χ2v) is 34.0. The van der Waals surface area contributed by atoms with E-state index in [1.165, 1.54) is 244 Å². The van der Waals surface area contributed by atoms with Gasteiger partial charge in [-0.1, -0.05) is 382 Å². The highest BCUT2D eigenvalue weighted by molar-refractivity contribution is 7.47. The number of carbonyl (C=O) groups is 4. The van der Waals surface area contributed by atoms with Crippen LogP contribution in [0.1, 0.15) is 434 Å². The molecule has 0 saturated heterocycles. The highest BCUT2D eigenvalue weighted by Crippen LogP contribution is 2.45. The van der Waals surface area contributed by atoms with Gasteiger partial charge in [0.1, 0.15) is 19.3 Å². The fourth-order valence-corrected chi connectivity index (χ4v) is 14.4. The molecular formula is C83H162O17P2. The van der Waals surface area contributed by atoms with Crippen molar-refractivity contribution in [2.75, 3.05) is 39.6 Å². The van der Waals surface area contributed by atoms with E-state index in [0.717, 1.165) is 108 Å². The third-order valence-electron chi connectivity index (χ3n) is 19.7. The van der Waals surface area contributed by atoms with Crippen molar-refractivity contribution < 1.29 is 80.2 Å². The second kappa shape index (κ2) is 73.2. The first kappa shape index (κ1) is 100. The monoisotopic (exact) mass is 1490 g/mol. The number of unbranched alkanes of at least 4 members (excludes halogenated alkanes) is 48. The highest BCUT2D eigenvalue weighted by atomic mass is 31.2. The molecule has 0 aliphatic rings. The number of phosphoric ester groups is 2. The van der Waals surface area contributed by atoms with Crippen LogP contribution in [0.15, 0.2) is 0 Å². The second-order valence-electron chi connectivity index (χ2n) is 31.1. The largest absolute Gasteiger partial charge is 0.472 e. The molecule has 0 fully saturated rings. The summed E-state index contributed by atoms with van der Waals surface area (Å²) in [5.41, 5.74) is 0. The van der Waals surface area contributed by atoms with Crippen LogP contribution in [-0.2, 0) is 65.4 Å². The number of hydrogen-bond acceptors (Lipinski definition) is 15. The van der Waals surface area contributed by atoms with Gasteiger partial charge >= 0.3 is 39.5 Å². The van der Waals surface area contributed by atoms with E-state index in [-0.39, 0.29) is 25.7 Å². The summed E-state index contributed by atoms with van der Waals surface area (Å²) in [5.74, 6) is 0.338. The van der Waals surface area contributed by atoms with Crippen LogP contribution >= 0.6 is 15.6 Å². The van der Waals surface area contributed by atoms with Gasteiger partial charge in [0, 0.05) is 25.7 Å². The molecule has 17 nitrogen and oxygen atoms in total. The van der Waals surface area contributed by atoms with Crippen molar-refractivity contribution in [2.45, 2.75) is 452 Å². The van der Waals surface area contributed by atoms with Crippen LogP contribution in [0.5, 0.6) is 0 Å². The van der Waals surface area contributed by atoms with Gasteiger partial charge in [-0.3, -0.25) is 37.3 Å². The highest BCUT2D eigenvalue weighted by Gasteiger charge is 2.30. The fourth-order valence-electron chi connectivity index (χ4n) is 12.8. The summed E-state index contributed by atoms with van der Waals surface area (Å²) in [6.45, 7) is 12.0. The molecule has 0 amide bonds. The number of aliphatic hydroxyl groups is 1. The maximum Gasteiger partial charge on any atom is 0.472 e. The van der Waals surface area contributed by atoms with Crippen LogP contribution in [0.25, 0.3) is 0 Å². The summed E-state index contributed by atoms with van der Waals surface area (Å²) in [5, 5.41) is 10.7. The molecule has 0 saturated carbocycles. The Kier molecular flexibility index (Phi) is 71.8. The number of ether oxygens (including phenoxy) is 4. The lowest BCUT2D eigenvalue weighted by atomic mass is 9.99. The Morgan fingerprint density at radius 3 is 0.745 bits per heavy atom. The third kappa shape index (κ3) is 74.9. The first-order chi connectivity index (χ1) is 49.3. The standard InChI is InChI=1S/C83H162O17P2/c1-8-10-11-12-13-33-43-50-57-64-80(85)93-70-78(99-83(88)67-60-53-46-39-32-26-20-22-28-35-41-48-55-62-75(5)6)72-97-101(89,90)95-68-77(84)69-96-102(91,92)98-73-79(71-94-81(86)65-58-51-44-37-30-24-19-18-23-29-36-42-49-56-63-76(7)9-2)100-82(87)66-59-52-45-38-31-25-17-15-14-16-21-27-34-40-47-54-61-74(3)4/h74-79,84H,8-73H2,1-7H3,(H,89,90)(H,91,92)/t76?,77-,78+,79+/m0/s1.